The fourth-order valence-electron chi connectivity index (χ4n) is 3.11. The molecule has 0 unspecified atom stereocenters. The Bertz CT molecular complexity index is 1080. The lowest BCUT2D eigenvalue weighted by molar-refractivity contribution is -0.121. The summed E-state index contributed by atoms with van der Waals surface area (Å²) in [5.41, 5.74) is 0.945. The van der Waals surface area contributed by atoms with Crippen molar-refractivity contribution in [3.63, 3.8) is 0 Å². The maximum atomic E-state index is 13.1. The van der Waals surface area contributed by atoms with Gasteiger partial charge in [0.05, 0.1) is 5.69 Å². The quantitative estimate of drug-likeness (QED) is 0.704. The molecule has 1 aliphatic rings. The molecule has 3 aromatic carbocycles. The molecule has 5 nitrogen and oxygen atoms in total. The SMILES string of the molecule is O=C(C[C@H]1SC(=O)N(c2ccc(F)cc2)C1=O)Nc1cccc2ccccc12. The summed E-state index contributed by atoms with van der Waals surface area (Å²) in [6.07, 6.45) is -0.129. The van der Waals surface area contributed by atoms with Crippen molar-refractivity contribution < 1.29 is 18.8 Å². The van der Waals surface area contributed by atoms with Crippen LogP contribution in [0.2, 0.25) is 0 Å². The van der Waals surface area contributed by atoms with Gasteiger partial charge >= 0.3 is 0 Å². The van der Waals surface area contributed by atoms with Gasteiger partial charge in [-0.1, -0.05) is 36.4 Å². The summed E-state index contributed by atoms with van der Waals surface area (Å²) in [5, 5.41) is 3.43. The Morgan fingerprint density at radius 2 is 1.71 bits per heavy atom. The summed E-state index contributed by atoms with van der Waals surface area (Å²) in [7, 11) is 0. The second-order valence-corrected chi connectivity index (χ2v) is 7.46. The molecule has 7 heteroatoms. The van der Waals surface area contributed by atoms with E-state index in [0.717, 1.165) is 27.4 Å². The minimum Gasteiger partial charge on any atom is -0.325 e. The molecule has 4 rings (SSSR count). The molecular formula is C21H15FN2O3S. The van der Waals surface area contributed by atoms with Crippen molar-refractivity contribution in [3.05, 3.63) is 72.5 Å². The van der Waals surface area contributed by atoms with Gasteiger partial charge in [0.15, 0.2) is 0 Å². The van der Waals surface area contributed by atoms with Crippen LogP contribution in [-0.4, -0.2) is 22.3 Å². The normalized spacial score (nSPS) is 16.6. The lowest BCUT2D eigenvalue weighted by Gasteiger charge is -2.14. The minimum absolute atomic E-state index is 0.129. The molecule has 1 heterocycles. The van der Waals surface area contributed by atoms with Crippen molar-refractivity contribution in [1.29, 1.82) is 0 Å². The van der Waals surface area contributed by atoms with Crippen LogP contribution >= 0.6 is 11.8 Å². The van der Waals surface area contributed by atoms with E-state index in [-0.39, 0.29) is 12.3 Å². The largest absolute Gasteiger partial charge is 0.325 e. The topological polar surface area (TPSA) is 66.5 Å². The summed E-state index contributed by atoms with van der Waals surface area (Å²) < 4.78 is 13.1. The van der Waals surface area contributed by atoms with Crippen LogP contribution in [0, 0.1) is 5.82 Å². The standard InChI is InChI=1S/C21H15FN2O3S/c22-14-8-10-15(11-9-14)24-20(26)18(28-21(24)27)12-19(25)23-17-7-3-5-13-4-1-2-6-16(13)17/h1-11,18H,12H2,(H,23,25)/t18-/m1/s1. The molecular weight excluding hydrogens is 379 g/mol. The van der Waals surface area contributed by atoms with E-state index >= 15 is 0 Å². The van der Waals surface area contributed by atoms with Crippen molar-refractivity contribution in [2.45, 2.75) is 11.7 Å². The third-order valence-electron chi connectivity index (χ3n) is 4.44. The molecule has 3 amide bonds. The van der Waals surface area contributed by atoms with Gasteiger partial charge in [-0.05, 0) is 47.5 Å². The number of fused-ring (bicyclic) bond motifs is 1. The Morgan fingerprint density at radius 1 is 1.00 bits per heavy atom. The van der Waals surface area contributed by atoms with E-state index < -0.39 is 22.2 Å². The maximum Gasteiger partial charge on any atom is 0.293 e. The predicted molar refractivity (Wildman–Crippen MR) is 108 cm³/mol. The zero-order valence-electron chi connectivity index (χ0n) is 14.6. The Morgan fingerprint density at radius 3 is 2.50 bits per heavy atom. The fraction of sp³-hybridized carbons (Fsp3) is 0.0952. The van der Waals surface area contributed by atoms with Crippen LogP contribution in [-0.2, 0) is 9.59 Å². The summed E-state index contributed by atoms with van der Waals surface area (Å²) in [6.45, 7) is 0. The van der Waals surface area contributed by atoms with Crippen molar-refractivity contribution in [2.24, 2.45) is 0 Å². The van der Waals surface area contributed by atoms with E-state index in [1.165, 1.54) is 24.3 Å². The van der Waals surface area contributed by atoms with Crippen LogP contribution in [0.3, 0.4) is 0 Å². The molecule has 0 saturated carbocycles. The van der Waals surface area contributed by atoms with E-state index in [4.69, 9.17) is 0 Å². The highest BCUT2D eigenvalue weighted by molar-refractivity contribution is 8.15. The number of nitrogens with one attached hydrogen (secondary N) is 1. The number of hydrogen-bond donors (Lipinski definition) is 1. The van der Waals surface area contributed by atoms with Gasteiger partial charge in [-0.15, -0.1) is 0 Å². The number of halogens is 1. The highest BCUT2D eigenvalue weighted by Crippen LogP contribution is 2.34. The van der Waals surface area contributed by atoms with Crippen molar-refractivity contribution >= 4 is 51.0 Å². The smallest absolute Gasteiger partial charge is 0.293 e. The lowest BCUT2D eigenvalue weighted by atomic mass is 10.1. The first-order valence-corrected chi connectivity index (χ1v) is 9.48. The Kier molecular flexibility index (Phi) is 4.83. The summed E-state index contributed by atoms with van der Waals surface area (Å²) in [4.78, 5) is 38.3. The number of anilines is 2. The number of rotatable bonds is 4. The van der Waals surface area contributed by atoms with Crippen molar-refractivity contribution in [3.8, 4) is 0 Å². The summed E-state index contributed by atoms with van der Waals surface area (Å²) in [5.74, 6) is -1.29. The molecule has 140 valence electrons. The monoisotopic (exact) mass is 394 g/mol. The van der Waals surface area contributed by atoms with Gasteiger partial charge in [0, 0.05) is 17.5 Å². The number of amides is 3. The lowest BCUT2D eigenvalue weighted by Crippen LogP contribution is -2.32. The highest BCUT2D eigenvalue weighted by atomic mass is 32.2. The number of imide groups is 1. The van der Waals surface area contributed by atoms with Gasteiger partial charge in [0.1, 0.15) is 11.1 Å². The van der Waals surface area contributed by atoms with E-state index in [9.17, 15) is 18.8 Å². The van der Waals surface area contributed by atoms with Crippen LogP contribution in [0.15, 0.2) is 66.7 Å². The average Bonchev–Trinajstić information content (AvgIpc) is 2.96. The predicted octanol–water partition coefficient (Wildman–Crippen LogP) is 4.58. The van der Waals surface area contributed by atoms with Gasteiger partial charge in [-0.25, -0.2) is 9.29 Å². The van der Waals surface area contributed by atoms with Crippen LogP contribution in [0.5, 0.6) is 0 Å². The Hall–Kier alpha value is -3.19. The second-order valence-electron chi connectivity index (χ2n) is 6.30. The van der Waals surface area contributed by atoms with E-state index in [2.05, 4.69) is 5.32 Å². The van der Waals surface area contributed by atoms with Gasteiger partial charge in [-0.2, -0.15) is 0 Å². The van der Waals surface area contributed by atoms with Crippen LogP contribution in [0.25, 0.3) is 10.8 Å². The van der Waals surface area contributed by atoms with E-state index in [0.29, 0.717) is 11.4 Å². The molecule has 0 bridgehead atoms. The summed E-state index contributed by atoms with van der Waals surface area (Å²) in [6, 6.07) is 18.3. The number of nitrogens with zero attached hydrogens (tertiary/aromatic N) is 1. The summed E-state index contributed by atoms with van der Waals surface area (Å²) >= 11 is 0.806. The fourth-order valence-corrected chi connectivity index (χ4v) is 4.10. The Balaban J connectivity index is 1.48. The molecule has 0 aromatic heterocycles. The number of thioether (sulfide) groups is 1. The minimum atomic E-state index is -0.812. The van der Waals surface area contributed by atoms with E-state index in [1.807, 2.05) is 36.4 Å². The zero-order chi connectivity index (χ0) is 19.7. The molecule has 3 aromatic rings. The van der Waals surface area contributed by atoms with Crippen molar-refractivity contribution in [2.75, 3.05) is 10.2 Å². The van der Waals surface area contributed by atoms with Crippen LogP contribution in [0.4, 0.5) is 20.6 Å². The van der Waals surface area contributed by atoms with Gasteiger partial charge in [0.25, 0.3) is 5.24 Å². The van der Waals surface area contributed by atoms with E-state index in [1.54, 1.807) is 6.07 Å². The van der Waals surface area contributed by atoms with Crippen LogP contribution < -0.4 is 10.2 Å². The van der Waals surface area contributed by atoms with Crippen molar-refractivity contribution in [1.82, 2.24) is 0 Å². The first kappa shape index (κ1) is 18.2. The molecule has 1 saturated heterocycles. The number of hydrogen-bond acceptors (Lipinski definition) is 4. The molecule has 1 N–H and O–H groups in total. The molecule has 1 atom stereocenters. The highest BCUT2D eigenvalue weighted by Gasteiger charge is 2.41. The maximum absolute atomic E-state index is 13.1. The molecule has 0 aliphatic carbocycles. The first-order chi connectivity index (χ1) is 13.5. The van der Waals surface area contributed by atoms with Crippen LogP contribution in [0.1, 0.15) is 6.42 Å². The number of carbonyl (C=O) groups is 3. The third-order valence-corrected chi connectivity index (χ3v) is 5.48. The molecule has 0 spiro atoms. The Labute approximate surface area is 164 Å². The molecule has 1 fully saturated rings. The molecule has 28 heavy (non-hydrogen) atoms. The zero-order valence-corrected chi connectivity index (χ0v) is 15.4. The molecule has 1 aliphatic heterocycles. The third kappa shape index (κ3) is 3.48. The van der Waals surface area contributed by atoms with Gasteiger partial charge in [0.2, 0.25) is 11.8 Å². The molecule has 0 radical (unpaired) electrons. The second kappa shape index (κ2) is 7.44. The number of benzene rings is 3. The first-order valence-electron chi connectivity index (χ1n) is 8.61. The average molecular weight is 394 g/mol. The van der Waals surface area contributed by atoms with Gasteiger partial charge < -0.3 is 5.32 Å². The number of carbonyl (C=O) groups excluding carboxylic acids is 3. The van der Waals surface area contributed by atoms with Gasteiger partial charge in [-0.3, -0.25) is 14.4 Å².